The van der Waals surface area contributed by atoms with Crippen LogP contribution in [0.25, 0.3) is 0 Å². The van der Waals surface area contributed by atoms with Gasteiger partial charge in [-0.15, -0.1) is 11.8 Å². The smallest absolute Gasteiger partial charge is 0.0787 e. The van der Waals surface area contributed by atoms with Gasteiger partial charge in [-0.2, -0.15) is 0 Å². The Morgan fingerprint density at radius 3 is 2.20 bits per heavy atom. The second-order valence-electron chi connectivity index (χ2n) is 3.83. The van der Waals surface area contributed by atoms with E-state index in [1.54, 1.807) is 0 Å². The average molecular weight is 224 g/mol. The minimum atomic E-state index is -0.312. The first kappa shape index (κ1) is 12.6. The number of aliphatic hydroxyl groups is 1. The van der Waals surface area contributed by atoms with E-state index >= 15 is 0 Å². The molecular weight excluding hydrogens is 204 g/mol. The Hall–Kier alpha value is -0.470. The quantitative estimate of drug-likeness (QED) is 0.762. The molecule has 0 aromatic heterocycles. The summed E-state index contributed by atoms with van der Waals surface area (Å²) in [4.78, 5) is 1.29. The van der Waals surface area contributed by atoms with Gasteiger partial charge in [0.15, 0.2) is 0 Å². The van der Waals surface area contributed by atoms with E-state index in [0.717, 1.165) is 12.0 Å². The van der Waals surface area contributed by atoms with Crippen LogP contribution in [0.1, 0.15) is 45.3 Å². The molecule has 0 fully saturated rings. The first-order chi connectivity index (χ1) is 7.17. The molecule has 0 radical (unpaired) electrons. The molecular formula is C13H20OS. The summed E-state index contributed by atoms with van der Waals surface area (Å²) in [6, 6.07) is 8.26. The third kappa shape index (κ3) is 3.88. The van der Waals surface area contributed by atoms with Gasteiger partial charge in [-0.3, -0.25) is 0 Å². The summed E-state index contributed by atoms with van der Waals surface area (Å²) in [6.07, 6.45) is 1.65. The highest BCUT2D eigenvalue weighted by molar-refractivity contribution is 7.99. The van der Waals surface area contributed by atoms with Crippen LogP contribution in [0.5, 0.6) is 0 Å². The molecule has 0 saturated carbocycles. The van der Waals surface area contributed by atoms with Crippen molar-refractivity contribution < 1.29 is 5.11 Å². The molecule has 0 aliphatic heterocycles. The van der Waals surface area contributed by atoms with Crippen molar-refractivity contribution in [1.29, 1.82) is 0 Å². The largest absolute Gasteiger partial charge is 0.388 e. The van der Waals surface area contributed by atoms with E-state index in [1.807, 2.05) is 30.8 Å². The standard InChI is InChI=1S/C13H20OS/c1-4-10(3)15-12-8-6-11(7-9-12)13(14)5-2/h6-10,13-14H,4-5H2,1-3H3. The SMILES string of the molecule is CCC(C)Sc1ccc(C(O)CC)cc1. The number of hydrogen-bond donors (Lipinski definition) is 1. The molecule has 1 nitrogen and oxygen atoms in total. The lowest BCUT2D eigenvalue weighted by molar-refractivity contribution is 0.173. The van der Waals surface area contributed by atoms with Crippen LogP contribution in [0.4, 0.5) is 0 Å². The molecule has 0 aliphatic rings. The van der Waals surface area contributed by atoms with Crippen molar-refractivity contribution in [2.24, 2.45) is 0 Å². The fraction of sp³-hybridized carbons (Fsp3) is 0.538. The number of benzene rings is 1. The molecule has 0 saturated heterocycles. The van der Waals surface area contributed by atoms with Gasteiger partial charge in [0.05, 0.1) is 6.10 Å². The molecule has 0 spiro atoms. The van der Waals surface area contributed by atoms with Crippen LogP contribution in [0.15, 0.2) is 29.2 Å². The first-order valence-corrected chi connectivity index (χ1v) is 6.50. The summed E-state index contributed by atoms with van der Waals surface area (Å²) in [6.45, 7) is 6.43. The van der Waals surface area contributed by atoms with E-state index in [-0.39, 0.29) is 6.10 Å². The summed E-state index contributed by atoms with van der Waals surface area (Å²) in [5.74, 6) is 0. The third-order valence-corrected chi connectivity index (χ3v) is 3.84. The molecule has 2 unspecified atom stereocenters. The van der Waals surface area contributed by atoms with Gasteiger partial charge in [0.25, 0.3) is 0 Å². The Kier molecular flexibility index (Phi) is 5.20. The third-order valence-electron chi connectivity index (χ3n) is 2.56. The van der Waals surface area contributed by atoms with Crippen LogP contribution in [-0.4, -0.2) is 10.4 Å². The monoisotopic (exact) mass is 224 g/mol. The molecule has 0 heterocycles. The van der Waals surface area contributed by atoms with E-state index in [9.17, 15) is 5.11 Å². The maximum absolute atomic E-state index is 9.64. The molecule has 1 aromatic rings. The zero-order valence-electron chi connectivity index (χ0n) is 9.73. The zero-order valence-corrected chi connectivity index (χ0v) is 10.6. The van der Waals surface area contributed by atoms with E-state index in [1.165, 1.54) is 11.3 Å². The van der Waals surface area contributed by atoms with Crippen LogP contribution >= 0.6 is 11.8 Å². The maximum Gasteiger partial charge on any atom is 0.0787 e. The summed E-state index contributed by atoms with van der Waals surface area (Å²) in [5, 5.41) is 10.3. The first-order valence-electron chi connectivity index (χ1n) is 5.62. The normalized spacial score (nSPS) is 14.9. The predicted octanol–water partition coefficient (Wildman–Crippen LogP) is 4.02. The minimum Gasteiger partial charge on any atom is -0.388 e. The van der Waals surface area contributed by atoms with Crippen molar-refractivity contribution in [3.63, 3.8) is 0 Å². The van der Waals surface area contributed by atoms with Crippen LogP contribution in [0, 0.1) is 0 Å². The van der Waals surface area contributed by atoms with Crippen LogP contribution in [-0.2, 0) is 0 Å². The van der Waals surface area contributed by atoms with Crippen LogP contribution < -0.4 is 0 Å². The lowest BCUT2D eigenvalue weighted by atomic mass is 10.1. The molecule has 2 atom stereocenters. The van der Waals surface area contributed by atoms with Crippen molar-refractivity contribution >= 4 is 11.8 Å². The lowest BCUT2D eigenvalue weighted by Crippen LogP contribution is -1.95. The van der Waals surface area contributed by atoms with Gasteiger partial charge in [0, 0.05) is 10.1 Å². The molecule has 84 valence electrons. The highest BCUT2D eigenvalue weighted by Crippen LogP contribution is 2.26. The number of rotatable bonds is 5. The highest BCUT2D eigenvalue weighted by Gasteiger charge is 2.05. The lowest BCUT2D eigenvalue weighted by Gasteiger charge is -2.11. The molecule has 0 aliphatic carbocycles. The van der Waals surface area contributed by atoms with Crippen molar-refractivity contribution in [2.45, 2.75) is 49.9 Å². The predicted molar refractivity (Wildman–Crippen MR) is 67.3 cm³/mol. The van der Waals surface area contributed by atoms with Crippen molar-refractivity contribution in [3.8, 4) is 0 Å². The van der Waals surface area contributed by atoms with Gasteiger partial charge in [-0.25, -0.2) is 0 Å². The topological polar surface area (TPSA) is 20.2 Å². The van der Waals surface area contributed by atoms with Gasteiger partial charge in [0.1, 0.15) is 0 Å². The second-order valence-corrected chi connectivity index (χ2v) is 5.34. The molecule has 15 heavy (non-hydrogen) atoms. The van der Waals surface area contributed by atoms with E-state index in [4.69, 9.17) is 0 Å². The van der Waals surface area contributed by atoms with Crippen molar-refractivity contribution in [1.82, 2.24) is 0 Å². The summed E-state index contributed by atoms with van der Waals surface area (Å²) < 4.78 is 0. The highest BCUT2D eigenvalue weighted by atomic mass is 32.2. The van der Waals surface area contributed by atoms with Crippen molar-refractivity contribution in [2.75, 3.05) is 0 Å². The molecule has 1 rings (SSSR count). The van der Waals surface area contributed by atoms with Crippen LogP contribution in [0.3, 0.4) is 0 Å². The number of hydrogen-bond acceptors (Lipinski definition) is 2. The van der Waals surface area contributed by atoms with Crippen LogP contribution in [0.2, 0.25) is 0 Å². The summed E-state index contributed by atoms with van der Waals surface area (Å²) in [7, 11) is 0. The molecule has 2 heteroatoms. The van der Waals surface area contributed by atoms with Gasteiger partial charge in [-0.05, 0) is 30.5 Å². The second kappa shape index (κ2) is 6.19. The fourth-order valence-electron chi connectivity index (χ4n) is 1.32. The molecule has 0 bridgehead atoms. The Morgan fingerprint density at radius 2 is 1.73 bits per heavy atom. The summed E-state index contributed by atoms with van der Waals surface area (Å²) >= 11 is 1.89. The Labute approximate surface area is 96.9 Å². The van der Waals surface area contributed by atoms with E-state index < -0.39 is 0 Å². The fourth-order valence-corrected chi connectivity index (χ4v) is 2.24. The Balaban J connectivity index is 2.64. The van der Waals surface area contributed by atoms with Crippen molar-refractivity contribution in [3.05, 3.63) is 29.8 Å². The summed E-state index contributed by atoms with van der Waals surface area (Å²) in [5.41, 5.74) is 1.02. The van der Waals surface area contributed by atoms with Gasteiger partial charge < -0.3 is 5.11 Å². The zero-order chi connectivity index (χ0) is 11.3. The van der Waals surface area contributed by atoms with Gasteiger partial charge in [-0.1, -0.05) is 32.9 Å². The molecule has 1 N–H and O–H groups in total. The van der Waals surface area contributed by atoms with E-state index in [0.29, 0.717) is 5.25 Å². The Bertz CT molecular complexity index is 281. The van der Waals surface area contributed by atoms with E-state index in [2.05, 4.69) is 26.0 Å². The van der Waals surface area contributed by atoms with Gasteiger partial charge in [0.2, 0.25) is 0 Å². The molecule has 0 amide bonds. The average Bonchev–Trinajstić information content (AvgIpc) is 2.29. The number of aliphatic hydroxyl groups excluding tert-OH is 1. The minimum absolute atomic E-state index is 0.312. The Morgan fingerprint density at radius 1 is 1.13 bits per heavy atom. The van der Waals surface area contributed by atoms with Gasteiger partial charge >= 0.3 is 0 Å². The molecule has 1 aromatic carbocycles. The number of thioether (sulfide) groups is 1. The maximum atomic E-state index is 9.64.